The van der Waals surface area contributed by atoms with Gasteiger partial charge in [-0.05, 0) is 195 Å². The fourth-order valence-electron chi connectivity index (χ4n) is 10.4. The van der Waals surface area contributed by atoms with E-state index in [2.05, 4.69) is 250 Å². The molecule has 0 saturated carbocycles. The van der Waals surface area contributed by atoms with Crippen molar-refractivity contribution in [2.75, 3.05) is 57.3 Å². The minimum Gasteiger partial charge on any atom is -0.508 e. The number of carbonyl (C=O) groups is 2. The Morgan fingerprint density at radius 3 is 1.28 bits per heavy atom. The van der Waals surface area contributed by atoms with Crippen LogP contribution in [0.1, 0.15) is 281 Å². The predicted molar refractivity (Wildman–Crippen MR) is 496 cm³/mol. The molecule has 652 valence electrons. The third-order valence-electron chi connectivity index (χ3n) is 18.7. The van der Waals surface area contributed by atoms with Crippen LogP contribution < -0.4 is 15.0 Å². The number of hydrogen-bond donors (Lipinski definition) is 3. The van der Waals surface area contributed by atoms with Crippen molar-refractivity contribution < 1.29 is 42.8 Å². The Morgan fingerprint density at radius 2 is 0.941 bits per heavy atom. The number of pyridine rings is 5. The second-order valence-corrected chi connectivity index (χ2v) is 40.0. The molecule has 0 unspecified atom stereocenters. The molecule has 9 aromatic rings. The van der Waals surface area contributed by atoms with Crippen molar-refractivity contribution in [1.29, 1.82) is 0 Å². The van der Waals surface area contributed by atoms with Crippen LogP contribution in [0, 0.1) is 11.4 Å². The third-order valence-corrected chi connectivity index (χ3v) is 18.9. The van der Waals surface area contributed by atoms with E-state index >= 15 is 0 Å². The number of furan rings is 1. The van der Waals surface area contributed by atoms with Gasteiger partial charge in [0.15, 0.2) is 0 Å². The maximum absolute atomic E-state index is 12.6. The van der Waals surface area contributed by atoms with Gasteiger partial charge in [-0.3, -0.25) is 14.8 Å². The number of esters is 1. The minimum absolute atomic E-state index is 0.00375. The molecule has 6 aromatic heterocycles. The Balaban J connectivity index is 0.000000450. The molecule has 1 saturated heterocycles. The fourth-order valence-corrected chi connectivity index (χ4v) is 10.6. The number of phenols is 1. The Bertz CT molecular complexity index is 4280. The molecule has 0 spiro atoms. The van der Waals surface area contributed by atoms with Crippen LogP contribution in [0.25, 0.3) is 0 Å². The topological polar surface area (TPSA) is 208 Å². The molecule has 0 aliphatic carbocycles. The van der Waals surface area contributed by atoms with E-state index in [4.69, 9.17) is 30.6 Å². The summed E-state index contributed by atoms with van der Waals surface area (Å²) in [5.41, 5.74) is 15.9. The van der Waals surface area contributed by atoms with Crippen LogP contribution in [-0.4, -0.2) is 100 Å². The normalized spacial score (nSPS) is 12.8. The van der Waals surface area contributed by atoms with Gasteiger partial charge in [0.25, 0.3) is 0 Å². The number of ether oxygens (including phenoxy) is 3. The van der Waals surface area contributed by atoms with Crippen LogP contribution in [-0.2, 0) is 69.6 Å². The van der Waals surface area contributed by atoms with E-state index in [0.717, 1.165) is 66.7 Å². The fraction of sp³-hybridized carbons (Fsp3) is 0.485. The number of methoxy groups -OCH3 is 2. The molecule has 3 N–H and O–H groups in total. The molecule has 1 amide bonds. The Morgan fingerprint density at radius 1 is 0.487 bits per heavy atom. The SMILES string of the molecule is CC(=O)Nc1ccc(C(C)(C)C)cc1.CC(C)(C)C1=CC=NC1.CC(C)(C)c1ccc(CO)nc1.CC(C)(C)c1ccc(N2CCOCC2)nc1.CC(C)(C)c1cccc(O)c1.CC(C)(C)c1ccnc(Cl)c1.CC(C)(C)c1ccnc(F)c1.CC(C)(C)c1ccoc1.COC(=O)c1cccc(C(C)(C)C)c1.COc1ccc(C(C)(C)C)cn1. The van der Waals surface area contributed by atoms with Gasteiger partial charge in [-0.2, -0.15) is 4.39 Å². The number of benzene rings is 3. The first-order chi connectivity index (χ1) is 54.7. The number of halogens is 2. The van der Waals surface area contributed by atoms with E-state index in [1.165, 1.54) is 65.3 Å². The zero-order chi connectivity index (χ0) is 90.8. The maximum Gasteiger partial charge on any atom is 0.337 e. The average molecular weight is 1650 g/mol. The molecule has 2 aliphatic heterocycles. The second kappa shape index (κ2) is 47.5. The minimum atomic E-state index is -0.405. The van der Waals surface area contributed by atoms with E-state index in [0.29, 0.717) is 27.8 Å². The van der Waals surface area contributed by atoms with Gasteiger partial charge in [0.1, 0.15) is 16.7 Å². The number of aromatic hydroxyl groups is 1. The lowest BCUT2D eigenvalue weighted by Crippen LogP contribution is -2.36. The van der Waals surface area contributed by atoms with Crippen molar-refractivity contribution in [1.82, 2.24) is 24.9 Å². The summed E-state index contributed by atoms with van der Waals surface area (Å²) in [4.78, 5) is 48.6. The van der Waals surface area contributed by atoms with Crippen molar-refractivity contribution in [3.63, 3.8) is 0 Å². The third kappa shape index (κ3) is 42.4. The summed E-state index contributed by atoms with van der Waals surface area (Å²) < 4.78 is 32.5. The van der Waals surface area contributed by atoms with Crippen molar-refractivity contribution in [3.05, 3.63) is 267 Å². The van der Waals surface area contributed by atoms with E-state index in [-0.39, 0.29) is 67.2 Å². The number of amides is 1. The van der Waals surface area contributed by atoms with Crippen molar-refractivity contribution in [2.24, 2.45) is 10.4 Å². The molecule has 18 heteroatoms. The number of hydrogen-bond acceptors (Lipinski definition) is 15. The zero-order valence-electron chi connectivity index (χ0n) is 78.4. The highest BCUT2D eigenvalue weighted by molar-refractivity contribution is 6.29. The Hall–Kier alpha value is -9.42. The number of rotatable bonds is 5. The molecule has 2 aliphatic rings. The van der Waals surface area contributed by atoms with E-state index < -0.39 is 5.95 Å². The standard InChI is InChI=1S/C13H20N2O.C12H17NO.C12H16O2.2C10H15NO.C10H14O.C9H12ClN.C9H12FN.C8H13N.C8H12O/c1-13(2,3)11-4-5-12(14-10-11)15-6-8-16-9-7-15;1-9(14)13-11-7-5-10(6-8-11)12(2,3)4;1-12(2,3)10-7-5-6-9(8-10)11(13)14-4;1-10(2,3)8-5-6-9(12-4)11-7-8;1-10(2,3)8-4-5-9(7-12)11-6-8;1-10(2,3)8-5-4-6-9(11)7-8;2*1-9(2,3)7-4-5-11-8(10)6-7;2*1-8(2,3)7-4-5-9-6-7/h4-5,10H,6-9H2,1-3H3;5-8H,1-4H3,(H,13,14);5-8H,1-4H3;5-7H,1-4H3;4-6,12H,7H2,1-3H3;4-7,11H,1-3H3;2*4-6H,1-3H3;4-5H,6H2,1-3H3;4-6H,1-3H3. The van der Waals surface area contributed by atoms with Gasteiger partial charge in [0.05, 0.1) is 64.4 Å². The quantitative estimate of drug-likeness (QED) is 0.108. The van der Waals surface area contributed by atoms with E-state index in [1.807, 2.05) is 149 Å². The molecule has 0 atom stereocenters. The zero-order valence-corrected chi connectivity index (χ0v) is 79.2. The monoisotopic (exact) mass is 1650 g/mol. The largest absolute Gasteiger partial charge is 0.508 e. The molecule has 11 rings (SSSR count). The van der Waals surface area contributed by atoms with Crippen LogP contribution in [0.2, 0.25) is 5.15 Å². The summed E-state index contributed by atoms with van der Waals surface area (Å²) in [5.74, 6) is 1.36. The number of phenolic OH excluding ortho intramolecular Hbond substituents is 1. The summed E-state index contributed by atoms with van der Waals surface area (Å²) in [5, 5.41) is 21.3. The Labute approximate surface area is 721 Å². The summed E-state index contributed by atoms with van der Waals surface area (Å²) in [6.45, 7) is 70.4. The van der Waals surface area contributed by atoms with Crippen molar-refractivity contribution in [2.45, 2.75) is 270 Å². The molecule has 3 aromatic carbocycles. The van der Waals surface area contributed by atoms with Gasteiger partial charge >= 0.3 is 5.97 Å². The van der Waals surface area contributed by atoms with E-state index in [1.54, 1.807) is 44.0 Å². The van der Waals surface area contributed by atoms with Crippen LogP contribution in [0.4, 0.5) is 15.9 Å². The van der Waals surface area contributed by atoms with E-state index in [9.17, 15) is 19.1 Å². The number of aromatic nitrogens is 5. The molecule has 1 fully saturated rings. The number of nitrogens with zero attached hydrogens (tertiary/aromatic N) is 7. The van der Waals surface area contributed by atoms with Gasteiger partial charge in [0, 0.05) is 69.0 Å². The molecule has 8 heterocycles. The van der Waals surface area contributed by atoms with Crippen LogP contribution in [0.3, 0.4) is 0 Å². The number of nitrogens with one attached hydrogen (secondary N) is 1. The maximum atomic E-state index is 12.6. The van der Waals surface area contributed by atoms with Crippen LogP contribution in [0.15, 0.2) is 204 Å². The predicted octanol–water partition coefficient (Wildman–Crippen LogP) is 25.0. The lowest BCUT2D eigenvalue weighted by Gasteiger charge is -2.28. The number of morpholine rings is 1. The average Bonchev–Trinajstić information content (AvgIpc) is 1.42. The molecular formula is C101H146ClFN8O8. The molecular weight excluding hydrogens is 1510 g/mol. The number of aliphatic hydroxyl groups excluding tert-OH is 1. The first-order valence-corrected chi connectivity index (χ1v) is 41.3. The van der Waals surface area contributed by atoms with Crippen LogP contribution >= 0.6 is 11.6 Å². The highest BCUT2D eigenvalue weighted by Gasteiger charge is 2.22. The number of anilines is 2. The molecule has 0 radical (unpaired) electrons. The lowest BCUT2D eigenvalue weighted by atomic mass is 9.86. The molecule has 119 heavy (non-hydrogen) atoms. The second-order valence-electron chi connectivity index (χ2n) is 39.6. The summed E-state index contributed by atoms with van der Waals surface area (Å²) in [6, 6.07) is 44.2. The number of aliphatic imine (C=N–C) groups is 1. The van der Waals surface area contributed by atoms with Gasteiger partial charge in [-0.25, -0.2) is 24.7 Å². The lowest BCUT2D eigenvalue weighted by molar-refractivity contribution is -0.114. The summed E-state index contributed by atoms with van der Waals surface area (Å²) >= 11 is 5.74. The van der Waals surface area contributed by atoms with Gasteiger partial charge in [-0.15, -0.1) is 0 Å². The highest BCUT2D eigenvalue weighted by atomic mass is 35.5. The number of carbonyl (C=O) groups excluding carboxylic acids is 2. The molecule has 16 nitrogen and oxygen atoms in total. The van der Waals surface area contributed by atoms with Gasteiger partial charge in [-0.1, -0.05) is 274 Å². The summed E-state index contributed by atoms with van der Waals surface area (Å²) in [6.07, 6.45) is 16.4. The van der Waals surface area contributed by atoms with Gasteiger partial charge in [0.2, 0.25) is 17.7 Å². The highest BCUT2D eigenvalue weighted by Crippen LogP contribution is 2.31. The first kappa shape index (κ1) is 106. The number of allylic oxidation sites excluding steroid dienone is 1. The first-order valence-electron chi connectivity index (χ1n) is 40.9. The number of aliphatic hydroxyl groups is 1. The smallest absolute Gasteiger partial charge is 0.337 e. The van der Waals surface area contributed by atoms with Crippen molar-refractivity contribution >= 4 is 41.2 Å². The van der Waals surface area contributed by atoms with Crippen molar-refractivity contribution in [3.8, 4) is 11.6 Å². The molecule has 0 bridgehead atoms. The summed E-state index contributed by atoms with van der Waals surface area (Å²) in [7, 11) is 3.02. The van der Waals surface area contributed by atoms with Crippen LogP contribution in [0.5, 0.6) is 11.6 Å². The van der Waals surface area contributed by atoms with Gasteiger partial charge < -0.3 is 39.1 Å². The Kier molecular flexibility index (Phi) is 42.2.